The maximum Gasteiger partial charge on any atom is 0.254 e. The average Bonchev–Trinajstić information content (AvgIpc) is 2.67. The Labute approximate surface area is 158 Å². The van der Waals surface area contributed by atoms with Crippen molar-refractivity contribution < 1.29 is 14.0 Å². The van der Waals surface area contributed by atoms with Crippen molar-refractivity contribution in [3.63, 3.8) is 0 Å². The molecule has 3 rings (SSSR count). The quantitative estimate of drug-likeness (QED) is 0.863. The Morgan fingerprint density at radius 1 is 1.15 bits per heavy atom. The second-order valence-corrected chi connectivity index (χ2v) is 5.93. The van der Waals surface area contributed by atoms with Crippen LogP contribution in [0.4, 0.5) is 4.39 Å². The van der Waals surface area contributed by atoms with Crippen molar-refractivity contribution in [2.45, 2.75) is 6.04 Å². The molecule has 1 aliphatic heterocycles. The number of benzene rings is 2. The van der Waals surface area contributed by atoms with Gasteiger partial charge in [0.25, 0.3) is 11.8 Å². The summed E-state index contributed by atoms with van der Waals surface area (Å²) < 4.78 is 13.6. The molecule has 5 nitrogen and oxygen atoms in total. The van der Waals surface area contributed by atoms with E-state index in [0.717, 1.165) is 5.56 Å². The zero-order chi connectivity index (χ0) is 17.8. The number of carbonyl (C=O) groups excluding carboxylic acids is 2. The summed E-state index contributed by atoms with van der Waals surface area (Å²) in [5.41, 5.74) is 1.64. The first-order valence-corrected chi connectivity index (χ1v) is 8.19. The lowest BCUT2D eigenvalue weighted by Crippen LogP contribution is -2.48. The summed E-state index contributed by atoms with van der Waals surface area (Å²) in [6, 6.07) is 12.7. The van der Waals surface area contributed by atoms with Gasteiger partial charge in [0.1, 0.15) is 5.82 Å². The number of hydrogen-bond acceptors (Lipinski definition) is 3. The highest BCUT2D eigenvalue weighted by molar-refractivity contribution is 5.99. The maximum atomic E-state index is 13.6. The second-order valence-electron chi connectivity index (χ2n) is 5.93. The first-order chi connectivity index (χ1) is 12.1. The number of nitrogens with one attached hydrogen (secondary N) is 2. The molecule has 1 unspecified atom stereocenters. The predicted molar refractivity (Wildman–Crippen MR) is 100 cm³/mol. The number of carbonyl (C=O) groups is 2. The molecule has 2 aromatic carbocycles. The molecule has 2 N–H and O–H groups in total. The van der Waals surface area contributed by atoms with Crippen LogP contribution >= 0.6 is 12.4 Å². The minimum absolute atomic E-state index is 0. The normalized spacial score (nSPS) is 16.5. The van der Waals surface area contributed by atoms with Gasteiger partial charge in [-0.1, -0.05) is 18.2 Å². The van der Waals surface area contributed by atoms with Crippen LogP contribution in [-0.2, 0) is 0 Å². The van der Waals surface area contributed by atoms with Crippen molar-refractivity contribution >= 4 is 24.2 Å². The van der Waals surface area contributed by atoms with E-state index >= 15 is 0 Å². The minimum atomic E-state index is -0.322. The van der Waals surface area contributed by atoms with Gasteiger partial charge in [0.2, 0.25) is 0 Å². The van der Waals surface area contributed by atoms with Crippen LogP contribution in [-0.4, -0.2) is 43.4 Å². The van der Waals surface area contributed by atoms with E-state index in [-0.39, 0.29) is 36.1 Å². The molecule has 0 aliphatic carbocycles. The maximum absolute atomic E-state index is 13.6. The average molecular weight is 378 g/mol. The fourth-order valence-electron chi connectivity index (χ4n) is 3.06. The summed E-state index contributed by atoms with van der Waals surface area (Å²) in [5, 5.41) is 5.80. The van der Waals surface area contributed by atoms with Gasteiger partial charge in [-0.05, 0) is 35.9 Å². The molecule has 138 valence electrons. The van der Waals surface area contributed by atoms with Crippen molar-refractivity contribution in [3.8, 4) is 0 Å². The van der Waals surface area contributed by atoms with Crippen molar-refractivity contribution in [1.29, 1.82) is 0 Å². The first-order valence-electron chi connectivity index (χ1n) is 8.19. The lowest BCUT2D eigenvalue weighted by Gasteiger charge is -2.36. The van der Waals surface area contributed by atoms with Gasteiger partial charge in [0.15, 0.2) is 0 Å². The van der Waals surface area contributed by atoms with E-state index in [0.29, 0.717) is 30.8 Å². The molecular weight excluding hydrogens is 357 g/mol. The molecular formula is C19H21ClFN3O2. The lowest BCUT2D eigenvalue weighted by molar-refractivity contribution is 0.0634. The molecule has 0 bridgehead atoms. The zero-order valence-corrected chi connectivity index (χ0v) is 15.2. The van der Waals surface area contributed by atoms with Gasteiger partial charge in [-0.25, -0.2) is 4.39 Å². The minimum Gasteiger partial charge on any atom is -0.355 e. The van der Waals surface area contributed by atoms with E-state index in [1.807, 2.05) is 6.07 Å². The van der Waals surface area contributed by atoms with Gasteiger partial charge in [-0.3, -0.25) is 9.59 Å². The Morgan fingerprint density at radius 2 is 1.88 bits per heavy atom. The molecule has 0 saturated carbocycles. The summed E-state index contributed by atoms with van der Waals surface area (Å²) in [4.78, 5) is 26.5. The van der Waals surface area contributed by atoms with Gasteiger partial charge in [-0.2, -0.15) is 0 Å². The summed E-state index contributed by atoms with van der Waals surface area (Å²) in [6.45, 7) is 1.75. The van der Waals surface area contributed by atoms with Crippen molar-refractivity contribution in [3.05, 3.63) is 71.0 Å². The molecule has 2 aromatic rings. The molecule has 1 heterocycles. The standard InChI is InChI=1S/C19H20FN3O2.ClH/c1-21-18(24)14-5-2-6-15(10-14)19(25)23-9-8-22-12-17(23)13-4-3-7-16(20)11-13;/h2-7,10-11,17,22H,8-9,12H2,1H3,(H,21,24);1H. The molecule has 1 atom stereocenters. The van der Waals surface area contributed by atoms with E-state index in [2.05, 4.69) is 10.6 Å². The van der Waals surface area contributed by atoms with E-state index in [1.54, 1.807) is 42.3 Å². The molecule has 26 heavy (non-hydrogen) atoms. The highest BCUT2D eigenvalue weighted by Gasteiger charge is 2.29. The number of rotatable bonds is 3. The first kappa shape index (κ1) is 19.9. The molecule has 7 heteroatoms. The summed E-state index contributed by atoms with van der Waals surface area (Å²) >= 11 is 0. The lowest BCUT2D eigenvalue weighted by atomic mass is 10.0. The van der Waals surface area contributed by atoms with Crippen LogP contribution in [0.15, 0.2) is 48.5 Å². The van der Waals surface area contributed by atoms with E-state index in [4.69, 9.17) is 0 Å². The zero-order valence-electron chi connectivity index (χ0n) is 14.4. The fraction of sp³-hybridized carbons (Fsp3) is 0.263. The van der Waals surface area contributed by atoms with Crippen LogP contribution in [0.3, 0.4) is 0 Å². The van der Waals surface area contributed by atoms with Crippen molar-refractivity contribution in [2.24, 2.45) is 0 Å². The molecule has 1 aliphatic rings. The van der Waals surface area contributed by atoms with Crippen LogP contribution in [0, 0.1) is 5.82 Å². The van der Waals surface area contributed by atoms with Gasteiger partial charge < -0.3 is 15.5 Å². The Morgan fingerprint density at radius 3 is 2.62 bits per heavy atom. The van der Waals surface area contributed by atoms with Crippen LogP contribution < -0.4 is 10.6 Å². The summed E-state index contributed by atoms with van der Waals surface area (Å²) in [5.74, 6) is -0.727. The highest BCUT2D eigenvalue weighted by Crippen LogP contribution is 2.25. The number of nitrogens with zero attached hydrogens (tertiary/aromatic N) is 1. The third-order valence-electron chi connectivity index (χ3n) is 4.34. The van der Waals surface area contributed by atoms with Crippen LogP contribution in [0.1, 0.15) is 32.3 Å². The third kappa shape index (κ3) is 4.20. The Bertz CT molecular complexity index is 800. The van der Waals surface area contributed by atoms with Gasteiger partial charge in [-0.15, -0.1) is 12.4 Å². The summed E-state index contributed by atoms with van der Waals surface area (Å²) in [6.07, 6.45) is 0. The van der Waals surface area contributed by atoms with E-state index in [9.17, 15) is 14.0 Å². The Balaban J connectivity index is 0.00000243. The molecule has 0 spiro atoms. The van der Waals surface area contributed by atoms with Crippen LogP contribution in [0.2, 0.25) is 0 Å². The van der Waals surface area contributed by atoms with Gasteiger partial charge >= 0.3 is 0 Å². The SMILES string of the molecule is CNC(=O)c1cccc(C(=O)N2CCNCC2c2cccc(F)c2)c1.Cl. The molecule has 2 amide bonds. The Hall–Kier alpha value is -2.44. The number of hydrogen-bond donors (Lipinski definition) is 2. The van der Waals surface area contributed by atoms with Gasteiger partial charge in [0.05, 0.1) is 6.04 Å². The number of amides is 2. The van der Waals surface area contributed by atoms with Crippen LogP contribution in [0.25, 0.3) is 0 Å². The third-order valence-corrected chi connectivity index (χ3v) is 4.34. The van der Waals surface area contributed by atoms with Crippen molar-refractivity contribution in [1.82, 2.24) is 15.5 Å². The Kier molecular flexibility index (Phi) is 6.71. The predicted octanol–water partition coefficient (Wildman–Crippen LogP) is 2.39. The summed E-state index contributed by atoms with van der Waals surface area (Å²) in [7, 11) is 1.55. The smallest absolute Gasteiger partial charge is 0.254 e. The molecule has 0 radical (unpaired) electrons. The molecule has 1 fully saturated rings. The topological polar surface area (TPSA) is 61.4 Å². The van der Waals surface area contributed by atoms with Gasteiger partial charge in [0, 0.05) is 37.8 Å². The highest BCUT2D eigenvalue weighted by atomic mass is 35.5. The fourth-order valence-corrected chi connectivity index (χ4v) is 3.06. The second kappa shape index (κ2) is 8.78. The molecule has 1 saturated heterocycles. The molecule has 0 aromatic heterocycles. The van der Waals surface area contributed by atoms with Crippen LogP contribution in [0.5, 0.6) is 0 Å². The van der Waals surface area contributed by atoms with E-state index < -0.39 is 0 Å². The number of halogens is 2. The number of piperazine rings is 1. The monoisotopic (exact) mass is 377 g/mol. The van der Waals surface area contributed by atoms with Crippen molar-refractivity contribution in [2.75, 3.05) is 26.7 Å². The largest absolute Gasteiger partial charge is 0.355 e. The van der Waals surface area contributed by atoms with E-state index in [1.165, 1.54) is 12.1 Å².